The highest BCUT2D eigenvalue weighted by Gasteiger charge is 2.35. The Morgan fingerprint density at radius 3 is 3.21 bits per heavy atom. The molecule has 0 radical (unpaired) electrons. The summed E-state index contributed by atoms with van der Waals surface area (Å²) >= 11 is 0. The number of carbonyl (C=O) groups excluding carboxylic acids is 1. The first-order valence-corrected chi connectivity index (χ1v) is 6.22. The van der Waals surface area contributed by atoms with Gasteiger partial charge in [0.25, 0.3) is 0 Å². The summed E-state index contributed by atoms with van der Waals surface area (Å²) in [7, 11) is 0. The van der Waals surface area contributed by atoms with Crippen LogP contribution in [0.25, 0.3) is 0 Å². The van der Waals surface area contributed by atoms with Crippen LogP contribution in [0.5, 0.6) is 5.75 Å². The largest absolute Gasteiger partial charge is 0.491 e. The first kappa shape index (κ1) is 12.0. The van der Waals surface area contributed by atoms with Gasteiger partial charge >= 0.3 is 0 Å². The lowest BCUT2D eigenvalue weighted by atomic mass is 10.1. The molecule has 0 aliphatic carbocycles. The van der Waals surface area contributed by atoms with Gasteiger partial charge in [-0.2, -0.15) is 0 Å². The van der Waals surface area contributed by atoms with Gasteiger partial charge in [-0.25, -0.2) is 4.99 Å². The Balaban J connectivity index is 1.88. The standard InChI is InChI=1S/C13H15N3O3/c1-8-12(18)15-13-14-11-3-2-10(19-5-4-17)6-9(11)7-16(8)13/h2-3,6,8,17H,4-5,7H2,1H3,(H,14,15,18). The predicted molar refractivity (Wildman–Crippen MR) is 69.3 cm³/mol. The highest BCUT2D eigenvalue weighted by Crippen LogP contribution is 2.31. The summed E-state index contributed by atoms with van der Waals surface area (Å²) in [6.07, 6.45) is 0. The summed E-state index contributed by atoms with van der Waals surface area (Å²) in [6, 6.07) is 5.38. The molecule has 1 amide bonds. The van der Waals surface area contributed by atoms with E-state index in [4.69, 9.17) is 9.84 Å². The van der Waals surface area contributed by atoms with E-state index in [1.807, 2.05) is 30.0 Å². The van der Waals surface area contributed by atoms with E-state index in [9.17, 15) is 4.79 Å². The van der Waals surface area contributed by atoms with Gasteiger partial charge in [-0.1, -0.05) is 0 Å². The van der Waals surface area contributed by atoms with Crippen molar-refractivity contribution in [2.24, 2.45) is 4.99 Å². The van der Waals surface area contributed by atoms with Gasteiger partial charge in [-0.05, 0) is 25.1 Å². The zero-order valence-electron chi connectivity index (χ0n) is 10.6. The van der Waals surface area contributed by atoms with E-state index in [0.29, 0.717) is 18.3 Å². The summed E-state index contributed by atoms with van der Waals surface area (Å²) in [5.41, 5.74) is 1.86. The average Bonchev–Trinajstić information content (AvgIpc) is 2.69. The Hall–Kier alpha value is -2.08. The Labute approximate surface area is 110 Å². The fraction of sp³-hybridized carbons (Fsp3) is 0.385. The second-order valence-corrected chi connectivity index (χ2v) is 4.59. The number of aliphatic imine (C=N–C) groups is 1. The summed E-state index contributed by atoms with van der Waals surface area (Å²) in [6.45, 7) is 2.74. The van der Waals surface area contributed by atoms with Gasteiger partial charge in [0.05, 0.1) is 12.3 Å². The Kier molecular flexibility index (Phi) is 2.87. The third-order valence-corrected chi connectivity index (χ3v) is 3.33. The molecular weight excluding hydrogens is 246 g/mol. The number of fused-ring (bicyclic) bond motifs is 2. The van der Waals surface area contributed by atoms with Crippen LogP contribution >= 0.6 is 0 Å². The first-order chi connectivity index (χ1) is 9.19. The molecule has 19 heavy (non-hydrogen) atoms. The van der Waals surface area contributed by atoms with E-state index in [-0.39, 0.29) is 25.2 Å². The normalized spacial score (nSPS) is 20.5. The molecule has 1 aromatic rings. The van der Waals surface area contributed by atoms with Crippen LogP contribution in [-0.2, 0) is 11.3 Å². The van der Waals surface area contributed by atoms with Gasteiger partial charge in [0, 0.05) is 12.1 Å². The monoisotopic (exact) mass is 261 g/mol. The zero-order valence-corrected chi connectivity index (χ0v) is 10.6. The van der Waals surface area contributed by atoms with Crippen molar-refractivity contribution in [1.29, 1.82) is 0 Å². The minimum absolute atomic E-state index is 0.0129. The van der Waals surface area contributed by atoms with E-state index < -0.39 is 0 Å². The molecule has 0 aromatic heterocycles. The lowest BCUT2D eigenvalue weighted by Crippen LogP contribution is -2.35. The Bertz CT molecular complexity index is 556. The molecule has 0 spiro atoms. The second-order valence-electron chi connectivity index (χ2n) is 4.59. The van der Waals surface area contributed by atoms with Crippen LogP contribution in [0.15, 0.2) is 23.2 Å². The molecule has 3 rings (SSSR count). The number of rotatable bonds is 3. The lowest BCUT2D eigenvalue weighted by Gasteiger charge is -2.26. The average molecular weight is 261 g/mol. The van der Waals surface area contributed by atoms with Crippen LogP contribution < -0.4 is 10.1 Å². The van der Waals surface area contributed by atoms with Crippen molar-refractivity contribution >= 4 is 17.6 Å². The minimum atomic E-state index is -0.200. The van der Waals surface area contributed by atoms with Crippen molar-refractivity contribution in [3.8, 4) is 5.75 Å². The van der Waals surface area contributed by atoms with Crippen molar-refractivity contribution in [2.45, 2.75) is 19.5 Å². The van der Waals surface area contributed by atoms with Crippen molar-refractivity contribution in [1.82, 2.24) is 10.2 Å². The second kappa shape index (κ2) is 4.55. The van der Waals surface area contributed by atoms with E-state index in [1.165, 1.54) is 0 Å². The minimum Gasteiger partial charge on any atom is -0.491 e. The van der Waals surface area contributed by atoms with E-state index >= 15 is 0 Å². The number of aliphatic hydroxyl groups is 1. The number of hydrogen-bond acceptors (Lipinski definition) is 5. The summed E-state index contributed by atoms with van der Waals surface area (Å²) in [5, 5.41) is 11.5. The van der Waals surface area contributed by atoms with Crippen molar-refractivity contribution in [2.75, 3.05) is 13.2 Å². The SMILES string of the molecule is CC1C(=O)NC2=Nc3ccc(OCCO)cc3CN21. The van der Waals surface area contributed by atoms with Crippen molar-refractivity contribution in [3.05, 3.63) is 23.8 Å². The number of nitrogens with one attached hydrogen (secondary N) is 1. The molecule has 1 atom stereocenters. The maximum absolute atomic E-state index is 11.6. The van der Waals surface area contributed by atoms with E-state index in [2.05, 4.69) is 10.3 Å². The number of benzene rings is 1. The van der Waals surface area contributed by atoms with Crippen LogP contribution in [0.2, 0.25) is 0 Å². The van der Waals surface area contributed by atoms with Gasteiger partial charge in [0.1, 0.15) is 18.4 Å². The van der Waals surface area contributed by atoms with Gasteiger partial charge in [-0.3, -0.25) is 10.1 Å². The van der Waals surface area contributed by atoms with E-state index in [0.717, 1.165) is 11.3 Å². The van der Waals surface area contributed by atoms with E-state index in [1.54, 1.807) is 0 Å². The number of nitrogens with zero attached hydrogens (tertiary/aromatic N) is 2. The van der Waals surface area contributed by atoms with Crippen LogP contribution in [0.4, 0.5) is 5.69 Å². The third-order valence-electron chi connectivity index (χ3n) is 3.33. The molecular formula is C13H15N3O3. The summed E-state index contributed by atoms with van der Waals surface area (Å²) in [4.78, 5) is 18.0. The molecule has 2 N–H and O–H groups in total. The molecule has 1 unspecified atom stereocenters. The van der Waals surface area contributed by atoms with Gasteiger partial charge in [0.15, 0.2) is 0 Å². The quantitative estimate of drug-likeness (QED) is 0.825. The Morgan fingerprint density at radius 1 is 1.58 bits per heavy atom. The fourth-order valence-corrected chi connectivity index (χ4v) is 2.26. The molecule has 1 aromatic carbocycles. The highest BCUT2D eigenvalue weighted by molar-refractivity contribution is 6.07. The molecule has 6 nitrogen and oxygen atoms in total. The van der Waals surface area contributed by atoms with Crippen LogP contribution in [0.3, 0.4) is 0 Å². The molecule has 1 fully saturated rings. The molecule has 2 aliphatic rings. The molecule has 6 heteroatoms. The highest BCUT2D eigenvalue weighted by atomic mass is 16.5. The van der Waals surface area contributed by atoms with Crippen LogP contribution in [-0.4, -0.2) is 41.1 Å². The number of aliphatic hydroxyl groups excluding tert-OH is 1. The maximum atomic E-state index is 11.6. The molecule has 100 valence electrons. The number of amides is 1. The first-order valence-electron chi connectivity index (χ1n) is 6.22. The van der Waals surface area contributed by atoms with Gasteiger partial charge < -0.3 is 14.7 Å². The molecule has 1 saturated heterocycles. The fourth-order valence-electron chi connectivity index (χ4n) is 2.26. The number of ether oxygens (including phenoxy) is 1. The predicted octanol–water partition coefficient (Wildman–Crippen LogP) is 0.379. The van der Waals surface area contributed by atoms with Crippen molar-refractivity contribution in [3.63, 3.8) is 0 Å². The zero-order chi connectivity index (χ0) is 13.4. The third kappa shape index (κ3) is 2.04. The summed E-state index contributed by atoms with van der Waals surface area (Å²) < 4.78 is 5.38. The number of carbonyl (C=O) groups is 1. The topological polar surface area (TPSA) is 74.2 Å². The molecule has 2 heterocycles. The molecule has 0 bridgehead atoms. The smallest absolute Gasteiger partial charge is 0.249 e. The van der Waals surface area contributed by atoms with Crippen LogP contribution in [0, 0.1) is 0 Å². The van der Waals surface area contributed by atoms with Gasteiger partial charge in [0.2, 0.25) is 11.9 Å². The molecule has 0 saturated carbocycles. The maximum Gasteiger partial charge on any atom is 0.249 e. The van der Waals surface area contributed by atoms with Crippen molar-refractivity contribution < 1.29 is 14.6 Å². The Morgan fingerprint density at radius 2 is 2.42 bits per heavy atom. The lowest BCUT2D eigenvalue weighted by molar-refractivity contribution is -0.121. The number of guanidine groups is 1. The number of hydrogen-bond donors (Lipinski definition) is 2. The van der Waals surface area contributed by atoms with Gasteiger partial charge in [-0.15, -0.1) is 0 Å². The molecule has 2 aliphatic heterocycles. The summed E-state index contributed by atoms with van der Waals surface area (Å²) in [5.74, 6) is 1.30. The van der Waals surface area contributed by atoms with Crippen LogP contribution in [0.1, 0.15) is 12.5 Å².